The molecule has 0 saturated carbocycles. The van der Waals surface area contributed by atoms with E-state index in [1.165, 1.54) is 11.3 Å². The standard InChI is InChI=1S/C18H14N2O2S2/c21-17(11-14-6-4-10-23-14)20(12-13-5-3-9-22-13)18-19-15-7-1-2-8-16(15)24-18/h1-10H,11-12H2. The number of hydrogen-bond donors (Lipinski definition) is 0. The van der Waals surface area contributed by atoms with Gasteiger partial charge in [0.25, 0.3) is 0 Å². The average molecular weight is 354 g/mol. The Morgan fingerprint density at radius 3 is 2.79 bits per heavy atom. The minimum Gasteiger partial charge on any atom is -0.467 e. The van der Waals surface area contributed by atoms with Crippen LogP contribution in [0.15, 0.2) is 64.6 Å². The summed E-state index contributed by atoms with van der Waals surface area (Å²) in [6.07, 6.45) is 1.99. The molecule has 0 spiro atoms. The third-order valence-corrected chi connectivity index (χ3v) is 5.55. The highest BCUT2D eigenvalue weighted by molar-refractivity contribution is 7.22. The van der Waals surface area contributed by atoms with Crippen molar-refractivity contribution in [3.8, 4) is 0 Å². The average Bonchev–Trinajstić information content (AvgIpc) is 3.33. The molecule has 0 fully saturated rings. The summed E-state index contributed by atoms with van der Waals surface area (Å²) in [5, 5.41) is 2.69. The number of para-hydroxylation sites is 1. The van der Waals surface area contributed by atoms with E-state index in [9.17, 15) is 4.79 Å². The number of anilines is 1. The molecule has 0 aliphatic heterocycles. The van der Waals surface area contributed by atoms with Crippen LogP contribution in [0.3, 0.4) is 0 Å². The molecule has 1 aromatic carbocycles. The van der Waals surface area contributed by atoms with Gasteiger partial charge in [-0.1, -0.05) is 29.5 Å². The van der Waals surface area contributed by atoms with Gasteiger partial charge in [0.05, 0.1) is 29.4 Å². The third-order valence-electron chi connectivity index (χ3n) is 3.61. The van der Waals surface area contributed by atoms with Crippen molar-refractivity contribution in [3.63, 3.8) is 0 Å². The molecule has 6 heteroatoms. The molecule has 3 heterocycles. The number of aromatic nitrogens is 1. The lowest BCUT2D eigenvalue weighted by Crippen LogP contribution is -2.31. The second-order valence-electron chi connectivity index (χ2n) is 5.28. The fourth-order valence-corrected chi connectivity index (χ4v) is 4.13. The summed E-state index contributed by atoms with van der Waals surface area (Å²) in [4.78, 5) is 20.3. The van der Waals surface area contributed by atoms with Gasteiger partial charge in [-0.2, -0.15) is 0 Å². The Hall–Kier alpha value is -2.44. The Labute approximate surface area is 147 Å². The van der Waals surface area contributed by atoms with Gasteiger partial charge in [0.2, 0.25) is 5.91 Å². The van der Waals surface area contributed by atoms with Crippen LogP contribution in [0.25, 0.3) is 10.2 Å². The van der Waals surface area contributed by atoms with Gasteiger partial charge >= 0.3 is 0 Å². The summed E-state index contributed by atoms with van der Waals surface area (Å²) in [5.74, 6) is 0.765. The molecule has 4 rings (SSSR count). The number of nitrogens with zero attached hydrogens (tertiary/aromatic N) is 2. The lowest BCUT2D eigenvalue weighted by Gasteiger charge is -2.18. The first-order chi connectivity index (χ1) is 11.8. The first-order valence-electron chi connectivity index (χ1n) is 7.50. The van der Waals surface area contributed by atoms with E-state index in [0.717, 1.165) is 20.9 Å². The number of furan rings is 1. The molecule has 0 saturated heterocycles. The van der Waals surface area contributed by atoms with Crippen LogP contribution in [0, 0.1) is 0 Å². The van der Waals surface area contributed by atoms with Gasteiger partial charge < -0.3 is 4.42 Å². The molecule has 24 heavy (non-hydrogen) atoms. The first kappa shape index (κ1) is 15.1. The van der Waals surface area contributed by atoms with Crippen LogP contribution in [-0.4, -0.2) is 10.9 Å². The molecule has 1 amide bonds. The summed E-state index contributed by atoms with van der Waals surface area (Å²) in [7, 11) is 0. The van der Waals surface area contributed by atoms with E-state index in [2.05, 4.69) is 4.98 Å². The number of hydrogen-bond acceptors (Lipinski definition) is 5. The maximum atomic E-state index is 12.9. The summed E-state index contributed by atoms with van der Waals surface area (Å²) in [6, 6.07) is 15.6. The summed E-state index contributed by atoms with van der Waals surface area (Å²) >= 11 is 3.11. The largest absolute Gasteiger partial charge is 0.467 e. The van der Waals surface area contributed by atoms with Crippen molar-refractivity contribution in [2.75, 3.05) is 4.90 Å². The zero-order valence-electron chi connectivity index (χ0n) is 12.7. The smallest absolute Gasteiger partial charge is 0.234 e. The topological polar surface area (TPSA) is 46.3 Å². The van der Waals surface area contributed by atoms with E-state index < -0.39 is 0 Å². The van der Waals surface area contributed by atoms with Gasteiger partial charge in [0, 0.05) is 4.88 Å². The van der Waals surface area contributed by atoms with Crippen LogP contribution < -0.4 is 4.90 Å². The predicted molar refractivity (Wildman–Crippen MR) is 97.5 cm³/mol. The van der Waals surface area contributed by atoms with E-state index >= 15 is 0 Å². The first-order valence-corrected chi connectivity index (χ1v) is 9.20. The van der Waals surface area contributed by atoms with Gasteiger partial charge in [-0.15, -0.1) is 11.3 Å². The fraction of sp³-hybridized carbons (Fsp3) is 0.111. The van der Waals surface area contributed by atoms with E-state index in [1.54, 1.807) is 22.5 Å². The van der Waals surface area contributed by atoms with Gasteiger partial charge in [-0.25, -0.2) is 4.98 Å². The number of thiazole rings is 1. The lowest BCUT2D eigenvalue weighted by atomic mass is 10.3. The van der Waals surface area contributed by atoms with Crippen molar-refractivity contribution in [1.29, 1.82) is 0 Å². The van der Waals surface area contributed by atoms with E-state index in [-0.39, 0.29) is 5.91 Å². The molecular weight excluding hydrogens is 340 g/mol. The monoisotopic (exact) mass is 354 g/mol. The Morgan fingerprint density at radius 1 is 1.12 bits per heavy atom. The number of thiophene rings is 1. The molecule has 4 nitrogen and oxygen atoms in total. The van der Waals surface area contributed by atoms with Gasteiger partial charge in [-0.3, -0.25) is 9.69 Å². The molecule has 0 unspecified atom stereocenters. The third kappa shape index (κ3) is 3.11. The zero-order valence-corrected chi connectivity index (χ0v) is 14.3. The van der Waals surface area contributed by atoms with Crippen molar-refractivity contribution >= 4 is 43.9 Å². The van der Waals surface area contributed by atoms with Crippen LogP contribution in [-0.2, 0) is 17.8 Å². The van der Waals surface area contributed by atoms with Crippen LogP contribution in [0.5, 0.6) is 0 Å². The molecule has 0 bridgehead atoms. The molecule has 4 aromatic rings. The summed E-state index contributed by atoms with van der Waals surface area (Å²) < 4.78 is 6.50. The second kappa shape index (κ2) is 6.59. The minimum absolute atomic E-state index is 0.0212. The molecule has 120 valence electrons. The van der Waals surface area contributed by atoms with Crippen LogP contribution in [0.1, 0.15) is 10.6 Å². The highest BCUT2D eigenvalue weighted by Crippen LogP contribution is 2.30. The molecule has 0 aliphatic carbocycles. The van der Waals surface area contributed by atoms with Crippen LogP contribution >= 0.6 is 22.7 Å². The normalized spacial score (nSPS) is 11.0. The van der Waals surface area contributed by atoms with E-state index in [1.807, 2.05) is 53.9 Å². The number of fused-ring (bicyclic) bond motifs is 1. The Balaban J connectivity index is 1.67. The number of benzene rings is 1. The molecule has 0 atom stereocenters. The molecule has 0 radical (unpaired) electrons. The van der Waals surface area contributed by atoms with Gasteiger partial charge in [0.15, 0.2) is 5.13 Å². The van der Waals surface area contributed by atoms with Crippen molar-refractivity contribution in [2.45, 2.75) is 13.0 Å². The molecule has 0 N–H and O–H groups in total. The second-order valence-corrected chi connectivity index (χ2v) is 7.32. The highest BCUT2D eigenvalue weighted by Gasteiger charge is 2.21. The summed E-state index contributed by atoms with van der Waals surface area (Å²) in [6.45, 7) is 0.386. The predicted octanol–water partition coefficient (Wildman–Crippen LogP) is 4.73. The quantitative estimate of drug-likeness (QED) is 0.521. The zero-order chi connectivity index (χ0) is 16.4. The Bertz CT molecular complexity index is 910. The van der Waals surface area contributed by atoms with Crippen molar-refractivity contribution in [2.24, 2.45) is 0 Å². The highest BCUT2D eigenvalue weighted by atomic mass is 32.1. The Morgan fingerprint density at radius 2 is 2.04 bits per heavy atom. The van der Waals surface area contributed by atoms with Gasteiger partial charge in [-0.05, 0) is 35.7 Å². The maximum Gasteiger partial charge on any atom is 0.234 e. The molecule has 0 aliphatic rings. The Kier molecular flexibility index (Phi) is 4.15. The number of carbonyl (C=O) groups is 1. The number of carbonyl (C=O) groups excluding carboxylic acids is 1. The molecular formula is C18H14N2O2S2. The summed E-state index contributed by atoms with van der Waals surface area (Å²) in [5.41, 5.74) is 0.908. The SMILES string of the molecule is O=C(Cc1cccs1)N(Cc1ccco1)c1nc2ccccc2s1. The fourth-order valence-electron chi connectivity index (χ4n) is 2.45. The van der Waals surface area contributed by atoms with E-state index in [4.69, 9.17) is 4.42 Å². The lowest BCUT2D eigenvalue weighted by molar-refractivity contribution is -0.118. The van der Waals surface area contributed by atoms with Crippen LogP contribution in [0.4, 0.5) is 5.13 Å². The minimum atomic E-state index is 0.0212. The van der Waals surface area contributed by atoms with E-state index in [0.29, 0.717) is 18.1 Å². The number of amides is 1. The molecule has 3 aromatic heterocycles. The maximum absolute atomic E-state index is 12.9. The van der Waals surface area contributed by atoms with Gasteiger partial charge in [0.1, 0.15) is 5.76 Å². The number of rotatable bonds is 5. The van der Waals surface area contributed by atoms with Crippen molar-refractivity contribution in [1.82, 2.24) is 4.98 Å². The van der Waals surface area contributed by atoms with Crippen molar-refractivity contribution < 1.29 is 9.21 Å². The van der Waals surface area contributed by atoms with Crippen LogP contribution in [0.2, 0.25) is 0 Å². The van der Waals surface area contributed by atoms with Crippen molar-refractivity contribution in [3.05, 3.63) is 70.8 Å².